The number of nitrogens with one attached hydrogen (secondary N) is 1. The average molecular weight is 436 g/mol. The standard InChI is InChI=1S/C22H20F4N2O3/c1-13-17-8-5-15(22(24,25)26)11-18(17)28-21(31-10-9-30-2)19(13)20(29)27-12-14-3-6-16(23)7-4-14/h3-8,11H,9-10,12H2,1-2H3,(H,27,29). The van der Waals surface area contributed by atoms with Gasteiger partial charge in [0.25, 0.3) is 5.91 Å². The van der Waals surface area contributed by atoms with Crippen LogP contribution in [0, 0.1) is 12.7 Å². The summed E-state index contributed by atoms with van der Waals surface area (Å²) < 4.78 is 62.8. The van der Waals surface area contributed by atoms with Crippen LogP contribution < -0.4 is 10.1 Å². The maximum Gasteiger partial charge on any atom is 0.416 e. The van der Waals surface area contributed by atoms with E-state index < -0.39 is 23.5 Å². The molecule has 0 aliphatic rings. The molecule has 9 heteroatoms. The molecule has 5 nitrogen and oxygen atoms in total. The van der Waals surface area contributed by atoms with Gasteiger partial charge in [-0.25, -0.2) is 9.37 Å². The van der Waals surface area contributed by atoms with Crippen LogP contribution in [0.25, 0.3) is 10.9 Å². The smallest absolute Gasteiger partial charge is 0.416 e. The van der Waals surface area contributed by atoms with Crippen LogP contribution in [0.5, 0.6) is 5.88 Å². The molecule has 0 unspecified atom stereocenters. The fraction of sp³-hybridized carbons (Fsp3) is 0.273. The third-order valence-corrected chi connectivity index (χ3v) is 4.66. The summed E-state index contributed by atoms with van der Waals surface area (Å²) in [6.07, 6.45) is -4.52. The van der Waals surface area contributed by atoms with Crippen LogP contribution >= 0.6 is 0 Å². The van der Waals surface area contributed by atoms with Crippen molar-refractivity contribution in [3.05, 3.63) is 70.5 Å². The van der Waals surface area contributed by atoms with E-state index in [0.29, 0.717) is 16.5 Å². The first-order valence-corrected chi connectivity index (χ1v) is 9.36. The molecule has 164 valence electrons. The quantitative estimate of drug-likeness (QED) is 0.433. The van der Waals surface area contributed by atoms with E-state index in [1.165, 1.54) is 37.4 Å². The van der Waals surface area contributed by atoms with E-state index in [1.807, 2.05) is 0 Å². The molecule has 0 radical (unpaired) electrons. The van der Waals surface area contributed by atoms with E-state index >= 15 is 0 Å². The number of carbonyl (C=O) groups is 1. The topological polar surface area (TPSA) is 60.5 Å². The number of methoxy groups -OCH3 is 1. The van der Waals surface area contributed by atoms with Crippen molar-refractivity contribution in [1.82, 2.24) is 10.3 Å². The van der Waals surface area contributed by atoms with Crippen LogP contribution in [0.15, 0.2) is 42.5 Å². The summed E-state index contributed by atoms with van der Waals surface area (Å²) in [5, 5.41) is 3.12. The molecule has 3 rings (SSSR count). The van der Waals surface area contributed by atoms with E-state index in [0.717, 1.165) is 12.1 Å². The van der Waals surface area contributed by atoms with Gasteiger partial charge in [0.1, 0.15) is 18.0 Å². The molecule has 0 bridgehead atoms. The molecular weight excluding hydrogens is 416 g/mol. The van der Waals surface area contributed by atoms with Gasteiger partial charge in [-0.05, 0) is 42.3 Å². The number of nitrogens with zero attached hydrogens (tertiary/aromatic N) is 1. The van der Waals surface area contributed by atoms with E-state index in [1.54, 1.807) is 6.92 Å². The maximum atomic E-state index is 13.1. The van der Waals surface area contributed by atoms with Gasteiger partial charge in [0.05, 0.1) is 17.7 Å². The number of ether oxygens (including phenoxy) is 2. The van der Waals surface area contributed by atoms with Crippen LogP contribution in [0.1, 0.15) is 27.0 Å². The van der Waals surface area contributed by atoms with E-state index in [9.17, 15) is 22.4 Å². The van der Waals surface area contributed by atoms with Crippen molar-refractivity contribution < 1.29 is 31.8 Å². The highest BCUT2D eigenvalue weighted by Crippen LogP contribution is 2.34. The van der Waals surface area contributed by atoms with Crippen LogP contribution in [0.2, 0.25) is 0 Å². The van der Waals surface area contributed by atoms with Gasteiger partial charge in [-0.15, -0.1) is 0 Å². The highest BCUT2D eigenvalue weighted by Gasteiger charge is 2.31. The number of carbonyl (C=O) groups excluding carboxylic acids is 1. The largest absolute Gasteiger partial charge is 0.475 e. The summed E-state index contributed by atoms with van der Waals surface area (Å²) in [7, 11) is 1.47. The number of halogens is 4. The molecule has 0 fully saturated rings. The van der Waals surface area contributed by atoms with Crippen LogP contribution in [0.4, 0.5) is 17.6 Å². The zero-order valence-corrected chi connectivity index (χ0v) is 16.8. The first-order chi connectivity index (χ1) is 14.7. The number of rotatable bonds is 7. The summed E-state index contributed by atoms with van der Waals surface area (Å²) >= 11 is 0. The summed E-state index contributed by atoms with van der Waals surface area (Å²) in [6.45, 7) is 2.01. The highest BCUT2D eigenvalue weighted by atomic mass is 19.4. The lowest BCUT2D eigenvalue weighted by Crippen LogP contribution is -2.25. The van der Waals surface area contributed by atoms with Crippen LogP contribution in [-0.2, 0) is 17.5 Å². The van der Waals surface area contributed by atoms with Gasteiger partial charge in [-0.1, -0.05) is 18.2 Å². The van der Waals surface area contributed by atoms with Crippen molar-refractivity contribution in [3.8, 4) is 5.88 Å². The lowest BCUT2D eigenvalue weighted by molar-refractivity contribution is -0.137. The SMILES string of the molecule is COCCOc1nc2cc(C(F)(F)F)ccc2c(C)c1C(=O)NCc1ccc(F)cc1. The molecule has 0 saturated heterocycles. The van der Waals surface area contributed by atoms with Gasteiger partial charge in [0, 0.05) is 19.0 Å². The van der Waals surface area contributed by atoms with E-state index in [2.05, 4.69) is 10.3 Å². The lowest BCUT2D eigenvalue weighted by Gasteiger charge is -2.16. The second-order valence-electron chi connectivity index (χ2n) is 6.80. The van der Waals surface area contributed by atoms with E-state index in [-0.39, 0.29) is 36.7 Å². The Hall–Kier alpha value is -3.20. The summed E-state index contributed by atoms with van der Waals surface area (Å²) in [5.74, 6) is -0.988. The number of fused-ring (bicyclic) bond motifs is 1. The minimum atomic E-state index is -4.52. The first-order valence-electron chi connectivity index (χ1n) is 9.36. The van der Waals surface area contributed by atoms with Gasteiger partial charge in [0.2, 0.25) is 5.88 Å². The molecule has 0 aliphatic heterocycles. The third kappa shape index (κ3) is 5.29. The minimum Gasteiger partial charge on any atom is -0.475 e. The molecule has 2 aromatic carbocycles. The molecule has 0 atom stereocenters. The third-order valence-electron chi connectivity index (χ3n) is 4.66. The fourth-order valence-corrected chi connectivity index (χ4v) is 3.04. The van der Waals surface area contributed by atoms with Crippen LogP contribution in [0.3, 0.4) is 0 Å². The maximum absolute atomic E-state index is 13.1. The molecule has 0 saturated carbocycles. The Morgan fingerprint density at radius 1 is 1.10 bits per heavy atom. The molecule has 1 amide bonds. The lowest BCUT2D eigenvalue weighted by atomic mass is 10.0. The average Bonchev–Trinajstić information content (AvgIpc) is 2.72. The number of hydrogen-bond acceptors (Lipinski definition) is 4. The number of benzene rings is 2. The van der Waals surface area contributed by atoms with Crippen LogP contribution in [-0.4, -0.2) is 31.2 Å². The predicted octanol–water partition coefficient (Wildman–Crippen LogP) is 4.66. The minimum absolute atomic E-state index is 0.0612. The Morgan fingerprint density at radius 2 is 1.81 bits per heavy atom. The van der Waals surface area contributed by atoms with E-state index in [4.69, 9.17) is 9.47 Å². The number of pyridine rings is 1. The Morgan fingerprint density at radius 3 is 2.45 bits per heavy atom. The molecule has 0 aliphatic carbocycles. The zero-order valence-electron chi connectivity index (χ0n) is 16.8. The Labute approximate surface area is 176 Å². The summed E-state index contributed by atoms with van der Waals surface area (Å²) in [4.78, 5) is 17.1. The number of alkyl halides is 3. The fourth-order valence-electron chi connectivity index (χ4n) is 3.04. The number of aryl methyl sites for hydroxylation is 1. The monoisotopic (exact) mass is 436 g/mol. The number of amides is 1. The molecule has 1 heterocycles. The molecule has 0 spiro atoms. The van der Waals surface area contributed by atoms with Crippen molar-refractivity contribution in [1.29, 1.82) is 0 Å². The predicted molar refractivity (Wildman–Crippen MR) is 106 cm³/mol. The van der Waals surface area contributed by atoms with Crippen molar-refractivity contribution in [2.75, 3.05) is 20.3 Å². The van der Waals surface area contributed by atoms with Crippen molar-refractivity contribution in [2.24, 2.45) is 0 Å². The second kappa shape index (κ2) is 9.30. The van der Waals surface area contributed by atoms with Crippen molar-refractivity contribution in [3.63, 3.8) is 0 Å². The van der Waals surface area contributed by atoms with Gasteiger partial charge in [0.15, 0.2) is 0 Å². The highest BCUT2D eigenvalue weighted by molar-refractivity contribution is 6.02. The van der Waals surface area contributed by atoms with Crippen molar-refractivity contribution >= 4 is 16.8 Å². The molecule has 3 aromatic rings. The van der Waals surface area contributed by atoms with Gasteiger partial charge >= 0.3 is 6.18 Å². The molecule has 1 N–H and O–H groups in total. The summed E-state index contributed by atoms with van der Waals surface area (Å²) in [5.41, 5.74) is 0.448. The van der Waals surface area contributed by atoms with Crippen molar-refractivity contribution in [2.45, 2.75) is 19.6 Å². The van der Waals surface area contributed by atoms with Gasteiger partial charge < -0.3 is 14.8 Å². The van der Waals surface area contributed by atoms with Gasteiger partial charge in [-0.3, -0.25) is 4.79 Å². The number of aromatic nitrogens is 1. The molecule has 1 aromatic heterocycles. The number of hydrogen-bond donors (Lipinski definition) is 1. The Bertz CT molecular complexity index is 1080. The first kappa shape index (κ1) is 22.5. The Balaban J connectivity index is 1.98. The molecular formula is C22H20F4N2O3. The Kier molecular flexibility index (Phi) is 6.74. The summed E-state index contributed by atoms with van der Waals surface area (Å²) in [6, 6.07) is 8.79. The normalized spacial score (nSPS) is 11.5. The second-order valence-corrected chi connectivity index (χ2v) is 6.80. The zero-order chi connectivity index (χ0) is 22.6. The van der Waals surface area contributed by atoms with Gasteiger partial charge in [-0.2, -0.15) is 13.2 Å². The molecule has 31 heavy (non-hydrogen) atoms.